The summed E-state index contributed by atoms with van der Waals surface area (Å²) in [4.78, 5) is 33.0. The summed E-state index contributed by atoms with van der Waals surface area (Å²) in [5, 5.41) is 3.04. The molecule has 0 aliphatic heterocycles. The molecule has 3 heterocycles. The molecular weight excluding hydrogens is 318 g/mol. The number of H-pyrrole nitrogens is 1. The quantitative estimate of drug-likeness (QED) is 0.741. The fourth-order valence-electron chi connectivity index (χ4n) is 3.43. The Kier molecular flexibility index (Phi) is 4.17. The topological polar surface area (TPSA) is 101 Å². The van der Waals surface area contributed by atoms with E-state index in [9.17, 15) is 4.79 Å². The molecule has 3 aromatic rings. The van der Waals surface area contributed by atoms with Crippen LogP contribution in [0.3, 0.4) is 0 Å². The Balaban J connectivity index is 1.82. The third-order valence-corrected chi connectivity index (χ3v) is 4.61. The summed E-state index contributed by atoms with van der Waals surface area (Å²) in [5.74, 6) is 2.15. The van der Waals surface area contributed by atoms with Gasteiger partial charge >= 0.3 is 5.56 Å². The number of imidazole rings is 1. The fourth-order valence-corrected chi connectivity index (χ4v) is 3.43. The molecule has 0 unspecified atom stereocenters. The first-order chi connectivity index (χ1) is 12.3. The van der Waals surface area contributed by atoms with Gasteiger partial charge in [-0.2, -0.15) is 4.98 Å². The van der Waals surface area contributed by atoms with E-state index in [1.165, 1.54) is 12.8 Å². The molecule has 25 heavy (non-hydrogen) atoms. The Morgan fingerprint density at radius 3 is 2.72 bits per heavy atom. The van der Waals surface area contributed by atoms with Crippen molar-refractivity contribution in [1.82, 2.24) is 29.5 Å². The summed E-state index contributed by atoms with van der Waals surface area (Å²) in [6.07, 6.45) is 8.87. The van der Waals surface area contributed by atoms with Gasteiger partial charge in [0.1, 0.15) is 5.82 Å². The van der Waals surface area contributed by atoms with Crippen molar-refractivity contribution in [3.8, 4) is 0 Å². The van der Waals surface area contributed by atoms with Gasteiger partial charge < -0.3 is 4.98 Å². The fraction of sp³-hybridized carbons (Fsp3) is 0.471. The largest absolute Gasteiger partial charge is 0.336 e. The van der Waals surface area contributed by atoms with Crippen LogP contribution in [0.15, 0.2) is 23.3 Å². The van der Waals surface area contributed by atoms with E-state index in [1.54, 1.807) is 18.5 Å². The molecule has 1 aliphatic carbocycles. The summed E-state index contributed by atoms with van der Waals surface area (Å²) in [6, 6.07) is 1.74. The van der Waals surface area contributed by atoms with E-state index in [0.717, 1.165) is 25.1 Å². The number of hydrogen-bond acceptors (Lipinski definition) is 6. The van der Waals surface area contributed by atoms with Crippen molar-refractivity contribution in [3.05, 3.63) is 34.6 Å². The summed E-state index contributed by atoms with van der Waals surface area (Å²) in [6.45, 7) is 2.78. The van der Waals surface area contributed by atoms with Crippen LogP contribution in [0, 0.1) is 0 Å². The van der Waals surface area contributed by atoms with E-state index in [0.29, 0.717) is 35.5 Å². The normalized spacial score (nSPS) is 15.1. The lowest BCUT2D eigenvalue weighted by atomic mass is 10.1. The molecule has 1 fully saturated rings. The Morgan fingerprint density at radius 1 is 1.24 bits per heavy atom. The minimum absolute atomic E-state index is 0.308. The Hall–Kier alpha value is -2.77. The van der Waals surface area contributed by atoms with Crippen LogP contribution in [0.1, 0.15) is 50.8 Å². The van der Waals surface area contributed by atoms with Gasteiger partial charge in [-0.25, -0.2) is 15.0 Å². The van der Waals surface area contributed by atoms with Crippen molar-refractivity contribution in [2.75, 3.05) is 5.32 Å². The van der Waals surface area contributed by atoms with Crippen molar-refractivity contribution < 1.29 is 0 Å². The molecule has 3 aromatic heterocycles. The zero-order chi connectivity index (χ0) is 17.2. The van der Waals surface area contributed by atoms with E-state index in [1.807, 2.05) is 4.57 Å². The molecule has 0 aromatic carbocycles. The molecule has 8 heteroatoms. The van der Waals surface area contributed by atoms with Gasteiger partial charge in [-0.1, -0.05) is 19.8 Å². The second kappa shape index (κ2) is 6.62. The highest BCUT2D eigenvalue weighted by Crippen LogP contribution is 2.33. The van der Waals surface area contributed by atoms with Crippen LogP contribution in [-0.2, 0) is 6.54 Å². The van der Waals surface area contributed by atoms with E-state index >= 15 is 0 Å². The highest BCUT2D eigenvalue weighted by Gasteiger charge is 2.23. The maximum atomic E-state index is 12.5. The summed E-state index contributed by atoms with van der Waals surface area (Å²) in [5.41, 5.74) is 0.828. The van der Waals surface area contributed by atoms with Gasteiger partial charge in [-0.3, -0.25) is 14.7 Å². The number of nitrogens with one attached hydrogen (secondary N) is 2. The maximum Gasteiger partial charge on any atom is 0.300 e. The Labute approximate surface area is 144 Å². The van der Waals surface area contributed by atoms with Gasteiger partial charge in [0, 0.05) is 24.9 Å². The third kappa shape index (κ3) is 2.99. The molecule has 0 radical (unpaired) electrons. The van der Waals surface area contributed by atoms with Crippen molar-refractivity contribution in [3.63, 3.8) is 0 Å². The van der Waals surface area contributed by atoms with Crippen molar-refractivity contribution in [2.24, 2.45) is 0 Å². The molecule has 0 saturated heterocycles. The SMILES string of the molecule is CCCn1c(Nc2ncccn2)nc(=O)c2[nH]c(C3CCCC3)nc21. The number of hydrogen-bond donors (Lipinski definition) is 2. The molecule has 2 N–H and O–H groups in total. The van der Waals surface area contributed by atoms with Gasteiger partial charge in [0.05, 0.1) is 0 Å². The lowest BCUT2D eigenvalue weighted by Crippen LogP contribution is -2.18. The zero-order valence-corrected chi connectivity index (χ0v) is 14.2. The van der Waals surface area contributed by atoms with Crippen LogP contribution in [0.25, 0.3) is 11.2 Å². The molecule has 4 rings (SSSR count). The molecule has 0 spiro atoms. The summed E-state index contributed by atoms with van der Waals surface area (Å²) in [7, 11) is 0. The Bertz CT molecular complexity index is 925. The van der Waals surface area contributed by atoms with Crippen LogP contribution in [0.5, 0.6) is 0 Å². The average molecular weight is 339 g/mol. The molecular formula is C17H21N7O. The monoisotopic (exact) mass is 339 g/mol. The summed E-state index contributed by atoms with van der Waals surface area (Å²) < 4.78 is 1.93. The number of aromatic amines is 1. The number of fused-ring (bicyclic) bond motifs is 1. The van der Waals surface area contributed by atoms with Crippen molar-refractivity contribution in [2.45, 2.75) is 51.5 Å². The van der Waals surface area contributed by atoms with Gasteiger partial charge in [-0.05, 0) is 25.3 Å². The van der Waals surface area contributed by atoms with Crippen LogP contribution in [0.4, 0.5) is 11.9 Å². The second-order valence-electron chi connectivity index (χ2n) is 6.39. The molecule has 8 nitrogen and oxygen atoms in total. The van der Waals surface area contributed by atoms with Crippen LogP contribution >= 0.6 is 0 Å². The van der Waals surface area contributed by atoms with Crippen LogP contribution < -0.4 is 10.9 Å². The van der Waals surface area contributed by atoms with Crippen molar-refractivity contribution in [1.29, 1.82) is 0 Å². The number of rotatable bonds is 5. The lowest BCUT2D eigenvalue weighted by molar-refractivity contribution is 0.669. The highest BCUT2D eigenvalue weighted by molar-refractivity contribution is 5.72. The molecule has 1 aliphatic rings. The van der Waals surface area contributed by atoms with E-state index < -0.39 is 0 Å². The molecule has 1 saturated carbocycles. The molecule has 0 bridgehead atoms. The molecule has 0 atom stereocenters. The number of nitrogens with zero attached hydrogens (tertiary/aromatic N) is 5. The average Bonchev–Trinajstić information content (AvgIpc) is 3.29. The van der Waals surface area contributed by atoms with Crippen molar-refractivity contribution >= 4 is 23.1 Å². The second-order valence-corrected chi connectivity index (χ2v) is 6.39. The smallest absolute Gasteiger partial charge is 0.300 e. The zero-order valence-electron chi connectivity index (χ0n) is 14.2. The predicted molar refractivity (Wildman–Crippen MR) is 95.0 cm³/mol. The minimum Gasteiger partial charge on any atom is -0.336 e. The molecule has 0 amide bonds. The molecule has 130 valence electrons. The number of aromatic nitrogens is 6. The predicted octanol–water partition coefficient (Wildman–Crippen LogP) is 2.72. The number of anilines is 2. The van der Waals surface area contributed by atoms with Gasteiger partial charge in [0.25, 0.3) is 0 Å². The summed E-state index contributed by atoms with van der Waals surface area (Å²) >= 11 is 0. The van der Waals surface area contributed by atoms with Gasteiger partial charge in [-0.15, -0.1) is 0 Å². The highest BCUT2D eigenvalue weighted by atomic mass is 16.1. The maximum absolute atomic E-state index is 12.5. The van der Waals surface area contributed by atoms with Gasteiger partial charge in [0.2, 0.25) is 11.9 Å². The first-order valence-corrected chi connectivity index (χ1v) is 8.80. The van der Waals surface area contributed by atoms with Gasteiger partial charge in [0.15, 0.2) is 11.2 Å². The first-order valence-electron chi connectivity index (χ1n) is 8.80. The van der Waals surface area contributed by atoms with E-state index in [-0.39, 0.29) is 5.56 Å². The Morgan fingerprint density at radius 2 is 2.00 bits per heavy atom. The third-order valence-electron chi connectivity index (χ3n) is 4.61. The first kappa shape index (κ1) is 15.7. The van der Waals surface area contributed by atoms with E-state index in [2.05, 4.69) is 32.2 Å². The lowest BCUT2D eigenvalue weighted by Gasteiger charge is -2.12. The minimum atomic E-state index is -0.308. The van der Waals surface area contributed by atoms with Crippen LogP contribution in [0.2, 0.25) is 0 Å². The number of aryl methyl sites for hydroxylation is 1. The standard InChI is InChI=1S/C17H21N7O/c1-2-10-24-14-12(20-13(21-14)11-6-3-4-7-11)15(25)22-17(24)23-16-18-8-5-9-19-16/h5,8-9,11H,2-4,6-7,10H2,1H3,(H,20,21)(H,18,19,22,23,25). The van der Waals surface area contributed by atoms with Crippen LogP contribution in [-0.4, -0.2) is 29.5 Å². The van der Waals surface area contributed by atoms with E-state index in [4.69, 9.17) is 4.98 Å².